The van der Waals surface area contributed by atoms with Gasteiger partial charge in [-0.1, -0.05) is 12.1 Å². The molecule has 0 N–H and O–H groups in total. The molecule has 3 aromatic rings. The number of sulfonamides is 1. The number of carbonyl (C=O) groups excluding carboxylic acids is 1. The van der Waals surface area contributed by atoms with E-state index in [4.69, 9.17) is 0 Å². The van der Waals surface area contributed by atoms with Gasteiger partial charge in [0.1, 0.15) is 11.9 Å². The molecule has 2 heterocycles. The smallest absolute Gasteiger partial charge is 0.264 e. The molecule has 4 rings (SSSR count). The molecule has 1 amide bonds. The van der Waals surface area contributed by atoms with Gasteiger partial charge >= 0.3 is 0 Å². The van der Waals surface area contributed by atoms with Gasteiger partial charge in [0.05, 0.1) is 15.3 Å². The van der Waals surface area contributed by atoms with E-state index in [2.05, 4.69) is 0 Å². The van der Waals surface area contributed by atoms with Gasteiger partial charge in [-0.05, 0) is 48.2 Å². The third-order valence-corrected chi connectivity index (χ3v) is 8.46. The number of hydrogen-bond acceptors (Lipinski definition) is 5. The van der Waals surface area contributed by atoms with E-state index in [9.17, 15) is 22.9 Å². The number of thiophene rings is 1. The van der Waals surface area contributed by atoms with Crippen LogP contribution < -0.4 is 0 Å². The molecule has 1 fully saturated rings. The lowest BCUT2D eigenvalue weighted by Gasteiger charge is -2.34. The van der Waals surface area contributed by atoms with Crippen molar-refractivity contribution in [1.29, 1.82) is 5.26 Å². The van der Waals surface area contributed by atoms with Gasteiger partial charge in [0.2, 0.25) is 10.0 Å². The van der Waals surface area contributed by atoms with Crippen molar-refractivity contribution >= 4 is 37.4 Å². The van der Waals surface area contributed by atoms with Crippen LogP contribution in [-0.4, -0.2) is 49.7 Å². The van der Waals surface area contributed by atoms with Crippen molar-refractivity contribution in [2.45, 2.75) is 11.8 Å². The number of amides is 1. The van der Waals surface area contributed by atoms with Crippen molar-refractivity contribution in [3.8, 4) is 6.07 Å². The third kappa shape index (κ3) is 3.47. The van der Waals surface area contributed by atoms with Crippen molar-refractivity contribution < 1.29 is 17.6 Å². The molecule has 2 aromatic carbocycles. The number of fused-ring (bicyclic) bond motifs is 1. The molecule has 1 aromatic heterocycles. The summed E-state index contributed by atoms with van der Waals surface area (Å²) in [5.74, 6) is -0.526. The van der Waals surface area contributed by atoms with Crippen molar-refractivity contribution in [3.05, 3.63) is 64.3 Å². The Morgan fingerprint density at radius 2 is 1.83 bits per heavy atom. The fourth-order valence-corrected chi connectivity index (χ4v) is 6.32. The summed E-state index contributed by atoms with van der Waals surface area (Å²) < 4.78 is 41.6. The largest absolute Gasteiger partial charge is 0.335 e. The summed E-state index contributed by atoms with van der Waals surface area (Å²) in [7, 11) is -3.82. The molecule has 0 radical (unpaired) electrons. The van der Waals surface area contributed by atoms with E-state index in [1.807, 2.05) is 6.07 Å². The van der Waals surface area contributed by atoms with Crippen LogP contribution in [0.3, 0.4) is 0 Å². The highest BCUT2D eigenvalue weighted by Crippen LogP contribution is 2.32. The molecule has 30 heavy (non-hydrogen) atoms. The summed E-state index contributed by atoms with van der Waals surface area (Å²) in [4.78, 5) is 15.2. The first-order chi connectivity index (χ1) is 14.3. The average Bonchev–Trinajstić information content (AvgIpc) is 3.09. The zero-order valence-electron chi connectivity index (χ0n) is 16.1. The maximum Gasteiger partial charge on any atom is 0.264 e. The minimum Gasteiger partial charge on any atom is -0.335 e. The van der Waals surface area contributed by atoms with E-state index < -0.39 is 10.0 Å². The van der Waals surface area contributed by atoms with E-state index in [0.717, 1.165) is 15.6 Å². The first-order valence-electron chi connectivity index (χ1n) is 9.30. The number of carbonyl (C=O) groups is 1. The van der Waals surface area contributed by atoms with Crippen molar-refractivity contribution in [1.82, 2.24) is 9.21 Å². The van der Waals surface area contributed by atoms with Crippen LogP contribution in [0.15, 0.2) is 47.4 Å². The van der Waals surface area contributed by atoms with E-state index in [1.54, 1.807) is 30.0 Å². The molecular weight excluding hydrogens is 425 g/mol. The zero-order chi connectivity index (χ0) is 21.5. The van der Waals surface area contributed by atoms with Gasteiger partial charge in [0.15, 0.2) is 0 Å². The Bertz CT molecular complexity index is 1290. The number of benzene rings is 2. The van der Waals surface area contributed by atoms with Crippen LogP contribution in [0.5, 0.6) is 0 Å². The second-order valence-electron chi connectivity index (χ2n) is 7.00. The Hall–Kier alpha value is -2.80. The summed E-state index contributed by atoms with van der Waals surface area (Å²) in [6.07, 6.45) is 0. The fourth-order valence-electron chi connectivity index (χ4n) is 3.60. The first-order valence-corrected chi connectivity index (χ1v) is 11.6. The molecule has 0 bridgehead atoms. The van der Waals surface area contributed by atoms with Gasteiger partial charge in [0.25, 0.3) is 5.91 Å². The van der Waals surface area contributed by atoms with Crippen LogP contribution in [0.2, 0.25) is 0 Å². The predicted molar refractivity (Wildman–Crippen MR) is 112 cm³/mol. The van der Waals surface area contributed by atoms with Gasteiger partial charge in [-0.25, -0.2) is 12.8 Å². The third-order valence-electron chi connectivity index (χ3n) is 5.24. The normalized spacial score (nSPS) is 15.3. The van der Waals surface area contributed by atoms with Crippen LogP contribution in [0, 0.1) is 24.1 Å². The standard InChI is InChI=1S/C21H18FN3O3S2/c1-14-17-12-16(22)6-7-18(17)29-20(14)21(26)24-8-10-25(11-9-24)30(27,28)19-5-3-2-4-15(19)13-23/h2-7,12H,8-11H2,1H3. The summed E-state index contributed by atoms with van der Waals surface area (Å²) in [6, 6.07) is 12.5. The van der Waals surface area contributed by atoms with Crippen LogP contribution >= 0.6 is 11.3 Å². The Morgan fingerprint density at radius 3 is 2.53 bits per heavy atom. The lowest BCUT2D eigenvalue weighted by molar-refractivity contribution is 0.0702. The summed E-state index contributed by atoms with van der Waals surface area (Å²) in [5, 5.41) is 9.94. The number of piperazine rings is 1. The second-order valence-corrected chi connectivity index (χ2v) is 9.96. The second kappa shape index (κ2) is 7.80. The number of nitrogens with zero attached hydrogens (tertiary/aromatic N) is 3. The molecule has 6 nitrogen and oxygen atoms in total. The van der Waals surface area contributed by atoms with E-state index in [1.165, 1.54) is 39.9 Å². The maximum atomic E-state index is 13.6. The minimum atomic E-state index is -3.82. The van der Waals surface area contributed by atoms with E-state index in [0.29, 0.717) is 4.88 Å². The topological polar surface area (TPSA) is 81.5 Å². The maximum absolute atomic E-state index is 13.6. The molecule has 154 valence electrons. The fraction of sp³-hybridized carbons (Fsp3) is 0.238. The Kier molecular flexibility index (Phi) is 5.32. The molecular formula is C21H18FN3O3S2. The molecule has 0 unspecified atom stereocenters. The molecule has 0 atom stereocenters. The van der Waals surface area contributed by atoms with Crippen LogP contribution in [0.1, 0.15) is 20.8 Å². The average molecular weight is 444 g/mol. The molecule has 0 aliphatic carbocycles. The minimum absolute atomic E-state index is 0.0188. The van der Waals surface area contributed by atoms with Gasteiger partial charge in [-0.15, -0.1) is 11.3 Å². The summed E-state index contributed by atoms with van der Waals surface area (Å²) in [6.45, 7) is 2.58. The Balaban J connectivity index is 1.53. The number of rotatable bonds is 3. The molecule has 1 aliphatic rings. The quantitative estimate of drug-likeness (QED) is 0.622. The van der Waals surface area contributed by atoms with Crippen molar-refractivity contribution in [2.75, 3.05) is 26.2 Å². The summed E-state index contributed by atoms with van der Waals surface area (Å²) >= 11 is 1.32. The lowest BCUT2D eigenvalue weighted by atomic mass is 10.1. The van der Waals surface area contributed by atoms with Crippen molar-refractivity contribution in [3.63, 3.8) is 0 Å². The number of aryl methyl sites for hydroxylation is 1. The highest BCUT2D eigenvalue weighted by atomic mass is 32.2. The summed E-state index contributed by atoms with van der Waals surface area (Å²) in [5.41, 5.74) is 0.835. The molecule has 0 saturated carbocycles. The molecule has 9 heteroatoms. The van der Waals surface area contributed by atoms with Gasteiger partial charge in [-0.2, -0.15) is 9.57 Å². The Labute approximate surface area is 177 Å². The lowest BCUT2D eigenvalue weighted by Crippen LogP contribution is -2.50. The highest BCUT2D eigenvalue weighted by Gasteiger charge is 2.32. The van der Waals surface area contributed by atoms with Crippen LogP contribution in [-0.2, 0) is 10.0 Å². The molecule has 0 spiro atoms. The number of halogens is 1. The van der Waals surface area contributed by atoms with Crippen molar-refractivity contribution in [2.24, 2.45) is 0 Å². The zero-order valence-corrected chi connectivity index (χ0v) is 17.8. The highest BCUT2D eigenvalue weighted by molar-refractivity contribution is 7.89. The number of hydrogen-bond donors (Lipinski definition) is 0. The van der Waals surface area contributed by atoms with Gasteiger partial charge < -0.3 is 4.90 Å². The monoisotopic (exact) mass is 443 g/mol. The van der Waals surface area contributed by atoms with Crippen LogP contribution in [0.4, 0.5) is 4.39 Å². The Morgan fingerprint density at radius 1 is 1.13 bits per heavy atom. The van der Waals surface area contributed by atoms with E-state index in [-0.39, 0.29) is 48.4 Å². The molecule has 1 aliphatic heterocycles. The van der Waals surface area contributed by atoms with Crippen LogP contribution in [0.25, 0.3) is 10.1 Å². The number of nitriles is 1. The van der Waals surface area contributed by atoms with Gasteiger partial charge in [-0.3, -0.25) is 4.79 Å². The molecule has 1 saturated heterocycles. The predicted octanol–water partition coefficient (Wildman–Crippen LogP) is 3.37. The first kappa shape index (κ1) is 20.5. The SMILES string of the molecule is Cc1c(C(=O)N2CCN(S(=O)(=O)c3ccccc3C#N)CC2)sc2ccc(F)cc12. The van der Waals surface area contributed by atoms with E-state index >= 15 is 0 Å². The van der Waals surface area contributed by atoms with Gasteiger partial charge in [0, 0.05) is 30.9 Å².